The van der Waals surface area contributed by atoms with Crippen LogP contribution in [0, 0.1) is 0 Å². The molecule has 2 nitrogen and oxygen atoms in total. The molecule has 3 heteroatoms. The molecule has 0 aliphatic rings. The summed E-state index contributed by atoms with van der Waals surface area (Å²) in [7, 11) is 0. The number of hydrogen-bond donors (Lipinski definition) is 0. The molecule has 0 aliphatic heterocycles. The SMILES string of the molecule is CCCOC(=O)CC(CC)c1cccc(Br)c1. The molecule has 0 saturated heterocycles. The number of rotatable bonds is 6. The van der Waals surface area contributed by atoms with Crippen LogP contribution in [0.4, 0.5) is 0 Å². The van der Waals surface area contributed by atoms with E-state index in [1.807, 2.05) is 19.1 Å². The van der Waals surface area contributed by atoms with Crippen LogP contribution in [0.3, 0.4) is 0 Å². The van der Waals surface area contributed by atoms with Crippen molar-refractivity contribution in [1.29, 1.82) is 0 Å². The second-order valence-electron chi connectivity index (χ2n) is 4.08. The summed E-state index contributed by atoms with van der Waals surface area (Å²) >= 11 is 3.45. The van der Waals surface area contributed by atoms with Crippen molar-refractivity contribution in [3.63, 3.8) is 0 Å². The zero-order valence-electron chi connectivity index (χ0n) is 10.4. The van der Waals surface area contributed by atoms with Gasteiger partial charge in [-0.1, -0.05) is 41.9 Å². The van der Waals surface area contributed by atoms with Crippen molar-refractivity contribution in [3.8, 4) is 0 Å². The van der Waals surface area contributed by atoms with Gasteiger partial charge in [-0.15, -0.1) is 0 Å². The van der Waals surface area contributed by atoms with Gasteiger partial charge < -0.3 is 4.74 Å². The Bertz CT molecular complexity index is 363. The number of esters is 1. The molecule has 94 valence electrons. The third-order valence-corrected chi connectivity index (χ3v) is 3.19. The number of carbonyl (C=O) groups excluding carboxylic acids is 1. The zero-order valence-corrected chi connectivity index (χ0v) is 12.0. The summed E-state index contributed by atoms with van der Waals surface area (Å²) in [6.45, 7) is 4.62. The van der Waals surface area contributed by atoms with Gasteiger partial charge in [-0.25, -0.2) is 0 Å². The Balaban J connectivity index is 2.62. The topological polar surface area (TPSA) is 26.3 Å². The van der Waals surface area contributed by atoms with Crippen LogP contribution < -0.4 is 0 Å². The Kier molecular flexibility index (Phi) is 6.27. The Labute approximate surface area is 111 Å². The van der Waals surface area contributed by atoms with E-state index < -0.39 is 0 Å². The second-order valence-corrected chi connectivity index (χ2v) is 5.00. The normalized spacial score (nSPS) is 12.2. The molecular weight excluding hydrogens is 280 g/mol. The molecular formula is C14H19BrO2. The van der Waals surface area contributed by atoms with Gasteiger partial charge in [0.05, 0.1) is 13.0 Å². The molecule has 1 aromatic rings. The van der Waals surface area contributed by atoms with Crippen LogP contribution in [0.1, 0.15) is 44.6 Å². The predicted octanol–water partition coefficient (Wildman–Crippen LogP) is 4.29. The number of halogens is 1. The van der Waals surface area contributed by atoms with E-state index in [9.17, 15) is 4.79 Å². The molecule has 1 rings (SSSR count). The Hall–Kier alpha value is -0.830. The van der Waals surface area contributed by atoms with Gasteiger partial charge in [-0.05, 0) is 36.5 Å². The summed E-state index contributed by atoms with van der Waals surface area (Å²) in [5.41, 5.74) is 1.19. The van der Waals surface area contributed by atoms with E-state index in [2.05, 4.69) is 35.0 Å². The first-order valence-electron chi connectivity index (χ1n) is 6.08. The average Bonchev–Trinajstić information content (AvgIpc) is 2.33. The molecule has 0 radical (unpaired) electrons. The minimum Gasteiger partial charge on any atom is -0.466 e. The van der Waals surface area contributed by atoms with Crippen molar-refractivity contribution >= 4 is 21.9 Å². The highest BCUT2D eigenvalue weighted by Gasteiger charge is 2.15. The number of ether oxygens (including phenoxy) is 1. The summed E-state index contributed by atoms with van der Waals surface area (Å²) in [5.74, 6) is 0.149. The lowest BCUT2D eigenvalue weighted by atomic mass is 9.93. The first kappa shape index (κ1) is 14.2. The predicted molar refractivity (Wildman–Crippen MR) is 73.0 cm³/mol. The minimum absolute atomic E-state index is 0.0984. The van der Waals surface area contributed by atoms with E-state index in [1.165, 1.54) is 5.56 Å². The lowest BCUT2D eigenvalue weighted by Crippen LogP contribution is -2.10. The molecule has 0 heterocycles. The standard InChI is InChI=1S/C14H19BrO2/c1-3-8-17-14(16)10-11(4-2)12-6-5-7-13(15)9-12/h5-7,9,11H,3-4,8,10H2,1-2H3. The van der Waals surface area contributed by atoms with E-state index in [0.29, 0.717) is 13.0 Å². The lowest BCUT2D eigenvalue weighted by molar-refractivity contribution is -0.144. The van der Waals surface area contributed by atoms with Gasteiger partial charge in [0, 0.05) is 4.47 Å². The summed E-state index contributed by atoms with van der Waals surface area (Å²) in [6, 6.07) is 8.12. The molecule has 0 aromatic heterocycles. The number of carbonyl (C=O) groups is 1. The molecule has 1 unspecified atom stereocenters. The van der Waals surface area contributed by atoms with Crippen LogP contribution >= 0.6 is 15.9 Å². The van der Waals surface area contributed by atoms with Crippen molar-refractivity contribution in [2.75, 3.05) is 6.61 Å². The molecule has 0 fully saturated rings. The van der Waals surface area contributed by atoms with E-state index in [-0.39, 0.29) is 11.9 Å². The quantitative estimate of drug-likeness (QED) is 0.733. The Morgan fingerprint density at radius 3 is 2.76 bits per heavy atom. The molecule has 0 N–H and O–H groups in total. The van der Waals surface area contributed by atoms with Crippen LogP contribution in [0.5, 0.6) is 0 Å². The maximum atomic E-state index is 11.6. The maximum Gasteiger partial charge on any atom is 0.306 e. The van der Waals surface area contributed by atoms with Gasteiger partial charge in [0.2, 0.25) is 0 Å². The van der Waals surface area contributed by atoms with Crippen LogP contribution in [0.2, 0.25) is 0 Å². The molecule has 0 aliphatic carbocycles. The van der Waals surface area contributed by atoms with Crippen molar-refractivity contribution in [3.05, 3.63) is 34.3 Å². The van der Waals surface area contributed by atoms with E-state index in [4.69, 9.17) is 4.74 Å². The van der Waals surface area contributed by atoms with Crippen molar-refractivity contribution in [1.82, 2.24) is 0 Å². The highest BCUT2D eigenvalue weighted by atomic mass is 79.9. The molecule has 0 bridgehead atoms. The summed E-state index contributed by atoms with van der Waals surface area (Å²) in [5, 5.41) is 0. The molecule has 17 heavy (non-hydrogen) atoms. The van der Waals surface area contributed by atoms with Crippen LogP contribution in [0.15, 0.2) is 28.7 Å². The highest BCUT2D eigenvalue weighted by molar-refractivity contribution is 9.10. The summed E-state index contributed by atoms with van der Waals surface area (Å²) < 4.78 is 6.18. The van der Waals surface area contributed by atoms with Crippen LogP contribution in [0.25, 0.3) is 0 Å². The third-order valence-electron chi connectivity index (χ3n) is 2.69. The largest absolute Gasteiger partial charge is 0.466 e. The van der Waals surface area contributed by atoms with Gasteiger partial charge >= 0.3 is 5.97 Å². The smallest absolute Gasteiger partial charge is 0.306 e. The van der Waals surface area contributed by atoms with Crippen LogP contribution in [-0.2, 0) is 9.53 Å². The fourth-order valence-corrected chi connectivity index (χ4v) is 2.15. The third kappa shape index (κ3) is 4.90. The first-order chi connectivity index (χ1) is 8.17. The maximum absolute atomic E-state index is 11.6. The fraction of sp³-hybridized carbons (Fsp3) is 0.500. The number of hydrogen-bond acceptors (Lipinski definition) is 2. The molecule has 1 atom stereocenters. The molecule has 0 saturated carbocycles. The Morgan fingerprint density at radius 1 is 1.41 bits per heavy atom. The second kappa shape index (κ2) is 7.49. The fourth-order valence-electron chi connectivity index (χ4n) is 1.73. The molecule has 1 aromatic carbocycles. The monoisotopic (exact) mass is 298 g/mol. The average molecular weight is 299 g/mol. The van der Waals surface area contributed by atoms with E-state index in [0.717, 1.165) is 17.3 Å². The minimum atomic E-state index is -0.0984. The first-order valence-corrected chi connectivity index (χ1v) is 6.87. The van der Waals surface area contributed by atoms with E-state index in [1.54, 1.807) is 0 Å². The van der Waals surface area contributed by atoms with Gasteiger partial charge in [0.15, 0.2) is 0 Å². The van der Waals surface area contributed by atoms with Gasteiger partial charge in [-0.2, -0.15) is 0 Å². The number of benzene rings is 1. The van der Waals surface area contributed by atoms with E-state index >= 15 is 0 Å². The summed E-state index contributed by atoms with van der Waals surface area (Å²) in [4.78, 5) is 11.6. The van der Waals surface area contributed by atoms with Gasteiger partial charge in [-0.3, -0.25) is 4.79 Å². The highest BCUT2D eigenvalue weighted by Crippen LogP contribution is 2.26. The van der Waals surface area contributed by atoms with Crippen molar-refractivity contribution in [2.24, 2.45) is 0 Å². The van der Waals surface area contributed by atoms with Gasteiger partial charge in [0.25, 0.3) is 0 Å². The summed E-state index contributed by atoms with van der Waals surface area (Å²) in [6.07, 6.45) is 2.28. The molecule has 0 spiro atoms. The van der Waals surface area contributed by atoms with Gasteiger partial charge in [0.1, 0.15) is 0 Å². The zero-order chi connectivity index (χ0) is 12.7. The van der Waals surface area contributed by atoms with Crippen molar-refractivity contribution in [2.45, 2.75) is 39.0 Å². The lowest BCUT2D eigenvalue weighted by Gasteiger charge is -2.14. The molecule has 0 amide bonds. The Morgan fingerprint density at radius 2 is 2.18 bits per heavy atom. The van der Waals surface area contributed by atoms with Crippen molar-refractivity contribution < 1.29 is 9.53 Å². The van der Waals surface area contributed by atoms with Crippen LogP contribution in [-0.4, -0.2) is 12.6 Å².